The minimum Gasteiger partial charge on any atom is -0.481 e. The van der Waals surface area contributed by atoms with E-state index in [0.717, 1.165) is 10.3 Å². The maximum absolute atomic E-state index is 13.2. The van der Waals surface area contributed by atoms with Crippen molar-refractivity contribution in [3.8, 4) is 0 Å². The van der Waals surface area contributed by atoms with Crippen molar-refractivity contribution in [2.75, 3.05) is 13.1 Å². The number of carboxylic acid groups (broad SMARTS) is 1. The zero-order valence-electron chi connectivity index (χ0n) is 12.7. The highest BCUT2D eigenvalue weighted by Gasteiger charge is 2.64. The first-order chi connectivity index (χ1) is 11.6. The third-order valence-electron chi connectivity index (χ3n) is 4.38. The van der Waals surface area contributed by atoms with Gasteiger partial charge in [0.25, 0.3) is 5.91 Å². The van der Waals surface area contributed by atoms with Crippen LogP contribution in [0.1, 0.15) is 16.9 Å². The third kappa shape index (κ3) is 2.90. The fourth-order valence-corrected chi connectivity index (χ4v) is 3.05. The van der Waals surface area contributed by atoms with E-state index in [1.807, 2.05) is 0 Å². The summed E-state index contributed by atoms with van der Waals surface area (Å²) in [5, 5.41) is 10.2. The monoisotopic (exact) mass is 372 g/mol. The molecule has 1 amide bonds. The molecular weight excluding hydrogens is 361 g/mol. The van der Waals surface area contributed by atoms with Crippen LogP contribution >= 0.6 is 11.6 Å². The molecule has 0 spiro atoms. The normalized spacial score (nSPS) is 20.9. The van der Waals surface area contributed by atoms with Gasteiger partial charge in [0, 0.05) is 23.5 Å². The number of likely N-dealkylation sites (tertiary alicyclic amines) is 1. The number of carbonyl (C=O) groups is 2. The number of carbonyl (C=O) groups excluding carboxylic acids is 1. The van der Waals surface area contributed by atoms with Crippen LogP contribution in [0.5, 0.6) is 0 Å². The van der Waals surface area contributed by atoms with Gasteiger partial charge in [0.1, 0.15) is 5.69 Å². The number of aliphatic carboxylic acids is 1. The minimum atomic E-state index is -4.95. The predicted octanol–water partition coefficient (Wildman–Crippen LogP) is 3.37. The van der Waals surface area contributed by atoms with E-state index in [1.165, 1.54) is 12.1 Å². The van der Waals surface area contributed by atoms with Gasteiger partial charge in [0.05, 0.1) is 5.52 Å². The van der Waals surface area contributed by atoms with Crippen molar-refractivity contribution in [3.05, 3.63) is 41.0 Å². The molecule has 1 aromatic carbocycles. The average Bonchev–Trinajstić information content (AvgIpc) is 3.00. The van der Waals surface area contributed by atoms with Crippen molar-refractivity contribution >= 4 is 34.4 Å². The Hall–Kier alpha value is -2.35. The van der Waals surface area contributed by atoms with Gasteiger partial charge in [-0.05, 0) is 24.6 Å². The molecule has 1 fully saturated rings. The van der Waals surface area contributed by atoms with Crippen LogP contribution in [0.25, 0.3) is 10.9 Å². The van der Waals surface area contributed by atoms with Crippen molar-refractivity contribution in [1.29, 1.82) is 0 Å². The van der Waals surface area contributed by atoms with Gasteiger partial charge in [-0.1, -0.05) is 23.7 Å². The fraction of sp³-hybridized carbons (Fsp3) is 0.312. The van der Waals surface area contributed by atoms with Crippen LogP contribution < -0.4 is 0 Å². The van der Waals surface area contributed by atoms with Crippen LogP contribution in [-0.2, 0) is 4.79 Å². The summed E-state index contributed by atoms with van der Waals surface area (Å²) in [6.07, 6.45) is -5.63. The Bertz CT molecular complexity index is 871. The van der Waals surface area contributed by atoms with Crippen molar-refractivity contribution in [2.24, 2.45) is 5.41 Å². The van der Waals surface area contributed by atoms with Crippen LogP contribution in [0.15, 0.2) is 30.3 Å². The van der Waals surface area contributed by atoms with Gasteiger partial charge < -0.3 is 10.0 Å². The van der Waals surface area contributed by atoms with E-state index in [-0.39, 0.29) is 12.2 Å². The number of hydrogen-bond acceptors (Lipinski definition) is 3. The third-order valence-corrected chi connectivity index (χ3v) is 4.62. The topological polar surface area (TPSA) is 70.5 Å². The minimum absolute atomic E-state index is 0.0573. The van der Waals surface area contributed by atoms with Crippen LogP contribution in [0.4, 0.5) is 13.2 Å². The number of aromatic nitrogens is 1. The number of nitrogens with zero attached hydrogens (tertiary/aromatic N) is 2. The smallest absolute Gasteiger partial charge is 0.406 e. The number of alkyl halides is 3. The lowest BCUT2D eigenvalue weighted by atomic mass is 9.86. The van der Waals surface area contributed by atoms with E-state index in [9.17, 15) is 22.8 Å². The van der Waals surface area contributed by atoms with Gasteiger partial charge in [-0.3, -0.25) is 9.59 Å². The van der Waals surface area contributed by atoms with E-state index in [4.69, 9.17) is 16.7 Å². The van der Waals surface area contributed by atoms with Crippen molar-refractivity contribution in [1.82, 2.24) is 9.88 Å². The molecule has 3 rings (SSSR count). The molecule has 0 aliphatic carbocycles. The molecule has 0 radical (unpaired) electrons. The first kappa shape index (κ1) is 17.5. The summed E-state index contributed by atoms with van der Waals surface area (Å²) in [6.45, 7) is -1.24. The summed E-state index contributed by atoms with van der Waals surface area (Å²) < 4.78 is 39.6. The van der Waals surface area contributed by atoms with E-state index in [0.29, 0.717) is 10.5 Å². The second kappa shape index (κ2) is 5.87. The molecular formula is C16H12ClF3N2O3. The quantitative estimate of drug-likeness (QED) is 0.877. The summed E-state index contributed by atoms with van der Waals surface area (Å²) in [6, 6.07) is 7.89. The van der Waals surface area contributed by atoms with Crippen molar-refractivity contribution in [2.45, 2.75) is 12.6 Å². The SMILES string of the molecule is O=C(c1ccc2ccc(Cl)cc2n1)N1CCC(C(=O)O)(C(F)(F)F)C1. The highest BCUT2D eigenvalue weighted by molar-refractivity contribution is 6.31. The molecule has 1 aliphatic rings. The van der Waals surface area contributed by atoms with Crippen molar-refractivity contribution < 1.29 is 27.9 Å². The molecule has 2 aromatic rings. The summed E-state index contributed by atoms with van der Waals surface area (Å²) >= 11 is 5.87. The standard InChI is InChI=1S/C16H12ClF3N2O3/c17-10-3-1-9-2-4-11(21-12(9)7-10)13(23)22-6-5-15(8-22,14(24)25)16(18,19)20/h1-4,7H,5-6,8H2,(H,24,25). The van der Waals surface area contributed by atoms with E-state index in [1.54, 1.807) is 18.2 Å². The van der Waals surface area contributed by atoms with Gasteiger partial charge in [-0.2, -0.15) is 13.2 Å². The summed E-state index contributed by atoms with van der Waals surface area (Å²) in [7, 11) is 0. The first-order valence-electron chi connectivity index (χ1n) is 7.30. The summed E-state index contributed by atoms with van der Waals surface area (Å²) in [5.41, 5.74) is -2.57. The molecule has 9 heteroatoms. The van der Waals surface area contributed by atoms with Gasteiger partial charge >= 0.3 is 12.1 Å². The second-order valence-corrected chi connectivity index (χ2v) is 6.33. The van der Waals surface area contributed by atoms with Gasteiger partial charge in [0.15, 0.2) is 5.41 Å². The molecule has 1 N–H and O–H groups in total. The predicted molar refractivity (Wildman–Crippen MR) is 83.4 cm³/mol. The van der Waals surface area contributed by atoms with E-state index in [2.05, 4.69) is 4.98 Å². The molecule has 0 saturated carbocycles. The second-order valence-electron chi connectivity index (χ2n) is 5.90. The zero-order valence-corrected chi connectivity index (χ0v) is 13.4. The molecule has 1 aliphatic heterocycles. The Morgan fingerprint density at radius 1 is 1.24 bits per heavy atom. The molecule has 132 valence electrons. The number of fused-ring (bicyclic) bond motifs is 1. The molecule has 0 bridgehead atoms. The lowest BCUT2D eigenvalue weighted by Gasteiger charge is -2.27. The summed E-state index contributed by atoms with van der Waals surface area (Å²) in [4.78, 5) is 28.7. The Morgan fingerprint density at radius 3 is 2.52 bits per heavy atom. The maximum Gasteiger partial charge on any atom is 0.406 e. The van der Waals surface area contributed by atoms with E-state index >= 15 is 0 Å². The Balaban J connectivity index is 1.91. The maximum atomic E-state index is 13.2. The highest BCUT2D eigenvalue weighted by Crippen LogP contribution is 2.45. The average molecular weight is 373 g/mol. The molecule has 25 heavy (non-hydrogen) atoms. The number of halogens is 4. The van der Waals surface area contributed by atoms with Gasteiger partial charge in [-0.25, -0.2) is 4.98 Å². The molecule has 1 unspecified atom stereocenters. The Morgan fingerprint density at radius 2 is 1.92 bits per heavy atom. The molecule has 1 aromatic heterocycles. The highest BCUT2D eigenvalue weighted by atomic mass is 35.5. The number of pyridine rings is 1. The van der Waals surface area contributed by atoms with Gasteiger partial charge in [0.2, 0.25) is 0 Å². The number of benzene rings is 1. The van der Waals surface area contributed by atoms with Crippen LogP contribution in [0.2, 0.25) is 5.02 Å². The van der Waals surface area contributed by atoms with Crippen LogP contribution in [0.3, 0.4) is 0 Å². The number of hydrogen-bond donors (Lipinski definition) is 1. The Kier molecular flexibility index (Phi) is 4.10. The lowest BCUT2D eigenvalue weighted by molar-refractivity contribution is -0.227. The first-order valence-corrected chi connectivity index (χ1v) is 7.67. The van der Waals surface area contributed by atoms with Crippen LogP contribution in [-0.4, -0.2) is 46.1 Å². The lowest BCUT2D eigenvalue weighted by Crippen LogP contribution is -2.47. The summed E-state index contributed by atoms with van der Waals surface area (Å²) in [5.74, 6) is -2.72. The van der Waals surface area contributed by atoms with Gasteiger partial charge in [-0.15, -0.1) is 0 Å². The van der Waals surface area contributed by atoms with Crippen LogP contribution in [0, 0.1) is 5.41 Å². The molecule has 5 nitrogen and oxygen atoms in total. The zero-order chi connectivity index (χ0) is 18.4. The number of carboxylic acids is 1. The Labute approximate surface area is 145 Å². The number of rotatable bonds is 2. The molecule has 1 atom stereocenters. The molecule has 2 heterocycles. The van der Waals surface area contributed by atoms with E-state index < -0.39 is 36.4 Å². The number of amides is 1. The fourth-order valence-electron chi connectivity index (χ4n) is 2.88. The largest absolute Gasteiger partial charge is 0.481 e. The van der Waals surface area contributed by atoms with Crippen molar-refractivity contribution in [3.63, 3.8) is 0 Å². The molecule has 1 saturated heterocycles.